The Morgan fingerprint density at radius 1 is 1.33 bits per heavy atom. The quantitative estimate of drug-likeness (QED) is 0.467. The van der Waals surface area contributed by atoms with Gasteiger partial charge in [0.15, 0.2) is 0 Å². The van der Waals surface area contributed by atoms with E-state index in [1.165, 1.54) is 7.05 Å². The molecule has 1 heterocycles. The summed E-state index contributed by atoms with van der Waals surface area (Å²) in [6, 6.07) is 0. The Morgan fingerprint density at radius 2 is 1.80 bits per heavy atom. The molecule has 0 aliphatic rings. The van der Waals surface area contributed by atoms with Crippen molar-refractivity contribution in [3.8, 4) is 0 Å². The fourth-order valence-corrected chi connectivity index (χ4v) is 1.09. The minimum absolute atomic E-state index is 0. The van der Waals surface area contributed by atoms with Gasteiger partial charge in [0.05, 0.1) is 0 Å². The summed E-state index contributed by atoms with van der Waals surface area (Å²) in [5.41, 5.74) is -2.55. The van der Waals surface area contributed by atoms with E-state index in [0.717, 1.165) is 4.68 Å². The Balaban J connectivity index is 0.00000196. The number of rotatable bonds is 2. The van der Waals surface area contributed by atoms with Gasteiger partial charge in [-0.25, -0.2) is 0 Å². The third-order valence-electron chi connectivity index (χ3n) is 1.63. The van der Waals surface area contributed by atoms with Gasteiger partial charge in [-0.2, -0.15) is 13.9 Å². The molecule has 0 bridgehead atoms. The standard InChI is InChI=1S/C6H7BF5N2.K/c1-6(8,9)5-4(7(10,11)12)3-14(2)13-5;/h3H,1-2H3;/q-1;+1. The number of hydrogen-bond acceptors (Lipinski definition) is 1. The van der Waals surface area contributed by atoms with Crippen LogP contribution >= 0.6 is 0 Å². The normalized spacial score (nSPS) is 12.5. The molecule has 0 radical (unpaired) electrons. The summed E-state index contributed by atoms with van der Waals surface area (Å²) < 4.78 is 62.9. The molecule has 0 unspecified atom stereocenters. The number of hydrogen-bond donors (Lipinski definition) is 0. The minimum Gasteiger partial charge on any atom is -0.445 e. The number of halogens is 5. The van der Waals surface area contributed by atoms with E-state index in [0.29, 0.717) is 13.1 Å². The van der Waals surface area contributed by atoms with E-state index in [2.05, 4.69) is 5.10 Å². The maximum Gasteiger partial charge on any atom is 1.00 e. The van der Waals surface area contributed by atoms with Crippen molar-refractivity contribution < 1.29 is 73.1 Å². The molecule has 0 atom stereocenters. The average Bonchev–Trinajstić information content (AvgIpc) is 2.27. The van der Waals surface area contributed by atoms with Crippen LogP contribution in [0.2, 0.25) is 0 Å². The summed E-state index contributed by atoms with van der Waals surface area (Å²) in [6.45, 7) is -5.06. The second kappa shape index (κ2) is 4.82. The van der Waals surface area contributed by atoms with Crippen LogP contribution in [-0.2, 0) is 13.0 Å². The third-order valence-corrected chi connectivity index (χ3v) is 1.63. The maximum absolute atomic E-state index is 12.7. The smallest absolute Gasteiger partial charge is 0.445 e. The summed E-state index contributed by atoms with van der Waals surface area (Å²) in [6.07, 6.45) is 0.562. The van der Waals surface area contributed by atoms with E-state index < -0.39 is 24.1 Å². The van der Waals surface area contributed by atoms with E-state index in [1.807, 2.05) is 0 Å². The molecular weight excluding hydrogens is 245 g/mol. The number of aryl methyl sites for hydroxylation is 1. The van der Waals surface area contributed by atoms with Gasteiger partial charge in [-0.3, -0.25) is 4.68 Å². The first kappa shape index (κ1) is 15.6. The zero-order chi connectivity index (χ0) is 11.1. The third kappa shape index (κ3) is 3.81. The molecule has 0 amide bonds. The van der Waals surface area contributed by atoms with Crippen LogP contribution in [0.15, 0.2) is 6.20 Å². The van der Waals surface area contributed by atoms with Gasteiger partial charge < -0.3 is 12.9 Å². The summed E-state index contributed by atoms with van der Waals surface area (Å²) in [5.74, 6) is -3.58. The number of nitrogens with zero attached hydrogens (tertiary/aromatic N) is 2. The van der Waals surface area contributed by atoms with Gasteiger partial charge in [0.2, 0.25) is 0 Å². The second-order valence-electron chi connectivity index (χ2n) is 3.07. The van der Waals surface area contributed by atoms with Crippen LogP contribution in [0.5, 0.6) is 0 Å². The topological polar surface area (TPSA) is 17.8 Å². The Bertz CT molecular complexity index is 311. The molecule has 0 aliphatic carbocycles. The van der Waals surface area contributed by atoms with Crippen LogP contribution < -0.4 is 56.8 Å². The number of alkyl halides is 2. The predicted octanol–water partition coefficient (Wildman–Crippen LogP) is -1.41. The van der Waals surface area contributed by atoms with Crippen LogP contribution in [0.1, 0.15) is 12.6 Å². The molecule has 0 saturated heterocycles. The molecule has 0 spiro atoms. The van der Waals surface area contributed by atoms with Gasteiger partial charge in [0, 0.05) is 14.0 Å². The Labute approximate surface area is 126 Å². The molecule has 15 heavy (non-hydrogen) atoms. The minimum atomic E-state index is -5.44. The molecule has 1 rings (SSSR count). The van der Waals surface area contributed by atoms with Crippen molar-refractivity contribution in [3.05, 3.63) is 11.9 Å². The molecule has 1 aromatic rings. The van der Waals surface area contributed by atoms with Crippen LogP contribution in [0.3, 0.4) is 0 Å². The first-order chi connectivity index (χ1) is 6.12. The van der Waals surface area contributed by atoms with Gasteiger partial charge in [-0.1, -0.05) is 5.46 Å². The zero-order valence-electron chi connectivity index (χ0n) is 8.44. The van der Waals surface area contributed by atoms with Crippen LogP contribution in [0, 0.1) is 0 Å². The van der Waals surface area contributed by atoms with Crippen LogP contribution in [0.4, 0.5) is 21.7 Å². The van der Waals surface area contributed by atoms with Gasteiger partial charge >= 0.3 is 58.4 Å². The molecule has 0 N–H and O–H groups in total. The molecular formula is C6H7BF5KN2. The van der Waals surface area contributed by atoms with Crippen LogP contribution in [-0.4, -0.2) is 16.8 Å². The predicted molar refractivity (Wildman–Crippen MR) is 41.5 cm³/mol. The van der Waals surface area contributed by atoms with Crippen molar-refractivity contribution in [2.45, 2.75) is 12.8 Å². The molecule has 1 aromatic heterocycles. The first-order valence-corrected chi connectivity index (χ1v) is 3.74. The van der Waals surface area contributed by atoms with E-state index in [-0.39, 0.29) is 51.4 Å². The van der Waals surface area contributed by atoms with Crippen molar-refractivity contribution in [2.24, 2.45) is 7.05 Å². The molecule has 0 aromatic carbocycles. The largest absolute Gasteiger partial charge is 1.00 e. The van der Waals surface area contributed by atoms with E-state index in [1.54, 1.807) is 0 Å². The van der Waals surface area contributed by atoms with Gasteiger partial charge in [-0.15, -0.1) is 0 Å². The second-order valence-corrected chi connectivity index (χ2v) is 3.07. The van der Waals surface area contributed by atoms with Crippen molar-refractivity contribution in [2.75, 3.05) is 0 Å². The van der Waals surface area contributed by atoms with Gasteiger partial charge in [0.25, 0.3) is 5.92 Å². The Kier molecular flexibility index (Phi) is 5.00. The van der Waals surface area contributed by atoms with Crippen LogP contribution in [0.25, 0.3) is 0 Å². The zero-order valence-corrected chi connectivity index (χ0v) is 11.6. The molecule has 2 nitrogen and oxygen atoms in total. The SMILES string of the molecule is Cn1cc([B-](F)(F)F)c(C(C)(F)F)n1.[K+]. The van der Waals surface area contributed by atoms with Crippen molar-refractivity contribution in [1.82, 2.24) is 9.78 Å². The summed E-state index contributed by atoms with van der Waals surface area (Å²) in [4.78, 5) is 0. The fourth-order valence-electron chi connectivity index (χ4n) is 1.09. The van der Waals surface area contributed by atoms with Crippen molar-refractivity contribution in [1.29, 1.82) is 0 Å². The first-order valence-electron chi connectivity index (χ1n) is 3.74. The van der Waals surface area contributed by atoms with E-state index in [9.17, 15) is 21.7 Å². The Hall–Kier alpha value is 0.561. The molecule has 0 fully saturated rings. The monoisotopic (exact) mass is 252 g/mol. The molecule has 0 saturated carbocycles. The maximum atomic E-state index is 12.7. The summed E-state index contributed by atoms with van der Waals surface area (Å²) >= 11 is 0. The molecule has 9 heteroatoms. The van der Waals surface area contributed by atoms with Crippen molar-refractivity contribution >= 4 is 12.4 Å². The fraction of sp³-hybridized carbons (Fsp3) is 0.500. The molecule has 0 aliphatic heterocycles. The summed E-state index contributed by atoms with van der Waals surface area (Å²) in [7, 11) is 1.17. The van der Waals surface area contributed by atoms with E-state index >= 15 is 0 Å². The van der Waals surface area contributed by atoms with Gasteiger partial charge in [0.1, 0.15) is 5.69 Å². The van der Waals surface area contributed by atoms with Crippen molar-refractivity contribution in [3.63, 3.8) is 0 Å². The number of aromatic nitrogens is 2. The Morgan fingerprint density at radius 3 is 2.07 bits per heavy atom. The summed E-state index contributed by atoms with van der Waals surface area (Å²) in [5, 5.41) is 3.11. The van der Waals surface area contributed by atoms with Gasteiger partial charge in [-0.05, 0) is 6.20 Å². The van der Waals surface area contributed by atoms with E-state index in [4.69, 9.17) is 0 Å². The average molecular weight is 252 g/mol. The molecule has 80 valence electrons.